The second-order valence-electron chi connectivity index (χ2n) is 7.24. The monoisotopic (exact) mass is 312 g/mol. The molecule has 0 atom stereocenters. The molecule has 0 unspecified atom stereocenters. The van der Waals surface area contributed by atoms with Gasteiger partial charge in [0.25, 0.3) is 0 Å². The third-order valence-corrected chi connectivity index (χ3v) is 5.45. The van der Waals surface area contributed by atoms with E-state index >= 15 is 0 Å². The Balaban J connectivity index is 1.45. The molecule has 1 aliphatic heterocycles. The molecule has 4 rings (SSSR count). The molecule has 0 spiro atoms. The maximum absolute atomic E-state index is 12.3. The molecule has 122 valence electrons. The number of nitrogens with zero attached hydrogens (tertiary/aromatic N) is 1. The maximum Gasteiger partial charge on any atom is 0.227 e. The smallest absolute Gasteiger partial charge is 0.227 e. The number of anilines is 1. The van der Waals surface area contributed by atoms with E-state index < -0.39 is 0 Å². The highest BCUT2D eigenvalue weighted by Gasteiger charge is 2.34. The number of fused-ring (bicyclic) bond motifs is 1. The Bertz CT molecular complexity index is 630. The number of amides is 2. The Morgan fingerprint density at radius 3 is 2.52 bits per heavy atom. The lowest BCUT2D eigenvalue weighted by molar-refractivity contribution is -0.133. The number of carbonyl (C=O) groups is 2. The van der Waals surface area contributed by atoms with Gasteiger partial charge >= 0.3 is 0 Å². The van der Waals surface area contributed by atoms with Gasteiger partial charge in [-0.1, -0.05) is 18.9 Å². The van der Waals surface area contributed by atoms with E-state index in [2.05, 4.69) is 17.4 Å². The summed E-state index contributed by atoms with van der Waals surface area (Å²) in [7, 11) is 0. The Morgan fingerprint density at radius 1 is 1.00 bits per heavy atom. The van der Waals surface area contributed by atoms with E-state index in [0.717, 1.165) is 44.3 Å². The standard InChI is InChI=1S/C19H24N2O2/c22-18(14-3-1-2-4-14)20-17-8-7-13-9-10-21(12-16(13)11-17)19(23)15-5-6-15/h7-8,11,14-15H,1-6,9-10,12H2,(H,20,22). The van der Waals surface area contributed by atoms with Gasteiger partial charge in [-0.15, -0.1) is 0 Å². The summed E-state index contributed by atoms with van der Waals surface area (Å²) in [5.41, 5.74) is 3.37. The molecule has 1 heterocycles. The van der Waals surface area contributed by atoms with E-state index in [4.69, 9.17) is 0 Å². The summed E-state index contributed by atoms with van der Waals surface area (Å²) in [6, 6.07) is 6.18. The van der Waals surface area contributed by atoms with Gasteiger partial charge in [0, 0.05) is 30.6 Å². The molecule has 2 fully saturated rings. The Kier molecular flexibility index (Phi) is 3.83. The Labute approximate surface area is 137 Å². The number of nitrogens with one attached hydrogen (secondary N) is 1. The number of carbonyl (C=O) groups excluding carboxylic acids is 2. The molecular formula is C19H24N2O2. The second-order valence-corrected chi connectivity index (χ2v) is 7.24. The van der Waals surface area contributed by atoms with Crippen molar-refractivity contribution in [3.8, 4) is 0 Å². The fourth-order valence-electron chi connectivity index (χ4n) is 3.84. The summed E-state index contributed by atoms with van der Waals surface area (Å²) in [4.78, 5) is 26.5. The molecule has 0 aromatic heterocycles. The summed E-state index contributed by atoms with van der Waals surface area (Å²) in [5, 5.41) is 3.07. The number of benzene rings is 1. The molecule has 2 aliphatic carbocycles. The van der Waals surface area contributed by atoms with Crippen LogP contribution in [0.2, 0.25) is 0 Å². The van der Waals surface area contributed by atoms with E-state index in [1.54, 1.807) is 0 Å². The molecule has 3 aliphatic rings. The van der Waals surface area contributed by atoms with Crippen LogP contribution in [0.4, 0.5) is 5.69 Å². The zero-order valence-corrected chi connectivity index (χ0v) is 13.5. The minimum absolute atomic E-state index is 0.157. The van der Waals surface area contributed by atoms with Crippen molar-refractivity contribution in [1.82, 2.24) is 4.90 Å². The van der Waals surface area contributed by atoms with E-state index in [0.29, 0.717) is 12.5 Å². The number of hydrogen-bond acceptors (Lipinski definition) is 2. The number of hydrogen-bond donors (Lipinski definition) is 1. The van der Waals surface area contributed by atoms with E-state index in [9.17, 15) is 9.59 Å². The molecule has 2 saturated carbocycles. The first-order chi connectivity index (χ1) is 11.2. The molecule has 1 aromatic rings. The zero-order chi connectivity index (χ0) is 15.8. The lowest BCUT2D eigenvalue weighted by Gasteiger charge is -2.29. The molecule has 1 aromatic carbocycles. The molecule has 4 heteroatoms. The third-order valence-electron chi connectivity index (χ3n) is 5.45. The van der Waals surface area contributed by atoms with Gasteiger partial charge in [0.15, 0.2) is 0 Å². The maximum atomic E-state index is 12.3. The van der Waals surface area contributed by atoms with E-state index in [-0.39, 0.29) is 17.7 Å². The van der Waals surface area contributed by atoms with Crippen molar-refractivity contribution < 1.29 is 9.59 Å². The lowest BCUT2D eigenvalue weighted by atomic mass is 9.98. The minimum Gasteiger partial charge on any atom is -0.338 e. The van der Waals surface area contributed by atoms with E-state index in [1.165, 1.54) is 24.0 Å². The molecule has 23 heavy (non-hydrogen) atoms. The Hall–Kier alpha value is -1.84. The zero-order valence-electron chi connectivity index (χ0n) is 13.5. The summed E-state index contributed by atoms with van der Waals surface area (Å²) >= 11 is 0. The van der Waals surface area contributed by atoms with Gasteiger partial charge in [0.1, 0.15) is 0 Å². The van der Waals surface area contributed by atoms with Crippen molar-refractivity contribution in [2.45, 2.75) is 51.5 Å². The Morgan fingerprint density at radius 2 is 1.78 bits per heavy atom. The molecule has 2 amide bonds. The molecule has 0 radical (unpaired) electrons. The highest BCUT2D eigenvalue weighted by Crippen LogP contribution is 2.33. The SMILES string of the molecule is O=C(Nc1ccc2c(c1)CN(C(=O)C1CC1)CC2)C1CCCC1. The van der Waals surface area contributed by atoms with Gasteiger partial charge in [0.05, 0.1) is 0 Å². The van der Waals surface area contributed by atoms with Crippen LogP contribution in [0.3, 0.4) is 0 Å². The van der Waals surface area contributed by atoms with Crippen molar-refractivity contribution in [2.24, 2.45) is 11.8 Å². The van der Waals surface area contributed by atoms with Crippen LogP contribution in [-0.2, 0) is 22.6 Å². The number of rotatable bonds is 3. The molecule has 1 N–H and O–H groups in total. The summed E-state index contributed by atoms with van der Waals surface area (Å²) in [6.07, 6.45) is 7.39. The van der Waals surface area contributed by atoms with Crippen molar-refractivity contribution in [3.63, 3.8) is 0 Å². The van der Waals surface area contributed by atoms with Crippen LogP contribution < -0.4 is 5.32 Å². The summed E-state index contributed by atoms with van der Waals surface area (Å²) < 4.78 is 0. The lowest BCUT2D eigenvalue weighted by Crippen LogP contribution is -2.36. The normalized spacial score (nSPS) is 21.1. The molecule has 0 bridgehead atoms. The average Bonchev–Trinajstić information content (AvgIpc) is 3.27. The highest BCUT2D eigenvalue weighted by atomic mass is 16.2. The van der Waals surface area contributed by atoms with Crippen molar-refractivity contribution in [3.05, 3.63) is 29.3 Å². The van der Waals surface area contributed by atoms with Crippen LogP contribution in [-0.4, -0.2) is 23.3 Å². The summed E-state index contributed by atoms with van der Waals surface area (Å²) in [6.45, 7) is 1.52. The van der Waals surface area contributed by atoms with Gasteiger partial charge in [-0.05, 0) is 55.4 Å². The first-order valence-electron chi connectivity index (χ1n) is 8.92. The average molecular weight is 312 g/mol. The van der Waals surface area contributed by atoms with Crippen molar-refractivity contribution >= 4 is 17.5 Å². The summed E-state index contributed by atoms with van der Waals surface area (Å²) in [5.74, 6) is 0.931. The quantitative estimate of drug-likeness (QED) is 0.932. The highest BCUT2D eigenvalue weighted by molar-refractivity contribution is 5.92. The van der Waals surface area contributed by atoms with Crippen LogP contribution in [0.25, 0.3) is 0 Å². The fourth-order valence-corrected chi connectivity index (χ4v) is 3.84. The fraction of sp³-hybridized carbons (Fsp3) is 0.579. The van der Waals surface area contributed by atoms with Gasteiger partial charge in [-0.3, -0.25) is 9.59 Å². The first-order valence-corrected chi connectivity index (χ1v) is 8.92. The molecule has 4 nitrogen and oxygen atoms in total. The van der Waals surface area contributed by atoms with Gasteiger partial charge in [-0.2, -0.15) is 0 Å². The third kappa shape index (κ3) is 3.12. The topological polar surface area (TPSA) is 49.4 Å². The minimum atomic E-state index is 0.157. The van der Waals surface area contributed by atoms with Crippen LogP contribution in [0.1, 0.15) is 49.7 Å². The van der Waals surface area contributed by atoms with Gasteiger partial charge < -0.3 is 10.2 Å². The molecule has 0 saturated heterocycles. The van der Waals surface area contributed by atoms with Crippen LogP contribution in [0.5, 0.6) is 0 Å². The predicted octanol–water partition coefficient (Wildman–Crippen LogP) is 3.11. The predicted molar refractivity (Wildman–Crippen MR) is 88.9 cm³/mol. The van der Waals surface area contributed by atoms with Crippen LogP contribution >= 0.6 is 0 Å². The molecular weight excluding hydrogens is 288 g/mol. The van der Waals surface area contributed by atoms with Gasteiger partial charge in [0.2, 0.25) is 11.8 Å². The van der Waals surface area contributed by atoms with E-state index in [1.807, 2.05) is 11.0 Å². The van der Waals surface area contributed by atoms with Crippen molar-refractivity contribution in [2.75, 3.05) is 11.9 Å². The van der Waals surface area contributed by atoms with Crippen LogP contribution in [0.15, 0.2) is 18.2 Å². The second kappa shape index (κ2) is 5.99. The van der Waals surface area contributed by atoms with Crippen molar-refractivity contribution in [1.29, 1.82) is 0 Å². The first kappa shape index (κ1) is 14.7. The van der Waals surface area contributed by atoms with Crippen LogP contribution in [0, 0.1) is 11.8 Å². The van der Waals surface area contributed by atoms with Gasteiger partial charge in [-0.25, -0.2) is 0 Å². The largest absolute Gasteiger partial charge is 0.338 e.